The van der Waals surface area contributed by atoms with E-state index in [2.05, 4.69) is 10.7 Å². The highest BCUT2D eigenvalue weighted by Gasteiger charge is 2.03. The van der Waals surface area contributed by atoms with Crippen molar-refractivity contribution in [1.29, 1.82) is 5.26 Å². The number of carbonyl (C=O) groups is 1. The van der Waals surface area contributed by atoms with Crippen molar-refractivity contribution in [3.05, 3.63) is 41.1 Å². The molecule has 0 aliphatic heterocycles. The quantitative estimate of drug-likeness (QED) is 0.898. The summed E-state index contributed by atoms with van der Waals surface area (Å²) < 4.78 is 0. The molecule has 0 atom stereocenters. The summed E-state index contributed by atoms with van der Waals surface area (Å²) >= 11 is 1.63. The van der Waals surface area contributed by atoms with Gasteiger partial charge in [-0.3, -0.25) is 4.79 Å². The number of amides is 1. The van der Waals surface area contributed by atoms with Crippen LogP contribution < -0.4 is 5.32 Å². The monoisotopic (exact) mass is 242 g/mol. The smallest absolute Gasteiger partial charge is 0.238 e. The third-order valence-corrected chi connectivity index (χ3v) is 2.92. The fraction of sp³-hybridized carbons (Fsp3) is 0.0769. The number of rotatable bonds is 3. The van der Waals surface area contributed by atoms with Crippen molar-refractivity contribution in [2.45, 2.75) is 6.42 Å². The van der Waals surface area contributed by atoms with Crippen LogP contribution in [0.25, 0.3) is 11.1 Å². The molecule has 2 rings (SSSR count). The van der Waals surface area contributed by atoms with Gasteiger partial charge in [-0.15, -0.1) is 0 Å². The average Bonchev–Trinajstić information content (AvgIpc) is 2.83. The number of carbonyl (C=O) groups excluding carboxylic acids is 1. The maximum absolute atomic E-state index is 11.3. The summed E-state index contributed by atoms with van der Waals surface area (Å²) in [5.74, 6) is -0.282. The Labute approximate surface area is 103 Å². The zero-order valence-electron chi connectivity index (χ0n) is 9.01. The molecule has 1 N–H and O–H groups in total. The van der Waals surface area contributed by atoms with E-state index in [0.717, 1.165) is 11.1 Å². The molecular weight excluding hydrogens is 232 g/mol. The first-order valence-corrected chi connectivity index (χ1v) is 6.03. The first-order chi connectivity index (χ1) is 8.29. The van der Waals surface area contributed by atoms with Crippen molar-refractivity contribution in [2.24, 2.45) is 0 Å². The molecule has 1 heterocycles. The minimum Gasteiger partial charge on any atom is -0.325 e. The van der Waals surface area contributed by atoms with E-state index in [-0.39, 0.29) is 12.3 Å². The lowest BCUT2D eigenvalue weighted by Gasteiger charge is -2.04. The number of anilines is 1. The number of nitrogens with one attached hydrogen (secondary N) is 1. The standard InChI is InChI=1S/C13H10N2OS/c14-6-4-13(16)15-12-3-1-2-10(8-12)11-5-7-17-9-11/h1-3,5,7-9H,4H2,(H,15,16). The maximum Gasteiger partial charge on any atom is 0.238 e. The molecule has 1 aromatic heterocycles. The Hall–Kier alpha value is -2.12. The van der Waals surface area contributed by atoms with Crippen LogP contribution in [-0.2, 0) is 4.79 Å². The van der Waals surface area contributed by atoms with Crippen LogP contribution in [0.5, 0.6) is 0 Å². The zero-order valence-corrected chi connectivity index (χ0v) is 9.83. The minimum absolute atomic E-state index is 0.122. The van der Waals surface area contributed by atoms with Crippen LogP contribution >= 0.6 is 11.3 Å². The summed E-state index contributed by atoms with van der Waals surface area (Å²) in [4.78, 5) is 11.3. The SMILES string of the molecule is N#CCC(=O)Nc1cccc(-c2ccsc2)c1. The molecule has 0 fully saturated rings. The third kappa shape index (κ3) is 2.92. The van der Waals surface area contributed by atoms with Gasteiger partial charge in [0, 0.05) is 5.69 Å². The van der Waals surface area contributed by atoms with Gasteiger partial charge in [0.05, 0.1) is 6.07 Å². The van der Waals surface area contributed by atoms with Crippen LogP contribution in [-0.4, -0.2) is 5.91 Å². The second kappa shape index (κ2) is 5.28. The molecule has 0 saturated heterocycles. The molecule has 0 aliphatic rings. The number of hydrogen-bond acceptors (Lipinski definition) is 3. The van der Waals surface area contributed by atoms with Gasteiger partial charge in [-0.25, -0.2) is 0 Å². The van der Waals surface area contributed by atoms with Gasteiger partial charge in [0.1, 0.15) is 6.42 Å². The summed E-state index contributed by atoms with van der Waals surface area (Å²) in [7, 11) is 0. The maximum atomic E-state index is 11.3. The predicted octanol–water partition coefficient (Wildman–Crippen LogP) is 3.27. The highest BCUT2D eigenvalue weighted by molar-refractivity contribution is 7.08. The van der Waals surface area contributed by atoms with Gasteiger partial charge < -0.3 is 5.32 Å². The van der Waals surface area contributed by atoms with Gasteiger partial charge in [-0.2, -0.15) is 16.6 Å². The van der Waals surface area contributed by atoms with Gasteiger partial charge in [0.2, 0.25) is 5.91 Å². The first-order valence-electron chi connectivity index (χ1n) is 5.09. The lowest BCUT2D eigenvalue weighted by molar-refractivity contribution is -0.115. The molecule has 2 aromatic rings. The fourth-order valence-electron chi connectivity index (χ4n) is 1.48. The number of nitriles is 1. The van der Waals surface area contributed by atoms with E-state index < -0.39 is 0 Å². The molecule has 1 amide bonds. The Morgan fingerprint density at radius 2 is 2.24 bits per heavy atom. The van der Waals surface area contributed by atoms with Gasteiger partial charge in [-0.1, -0.05) is 12.1 Å². The third-order valence-electron chi connectivity index (χ3n) is 2.24. The van der Waals surface area contributed by atoms with Crippen molar-refractivity contribution >= 4 is 22.9 Å². The number of hydrogen-bond donors (Lipinski definition) is 1. The lowest BCUT2D eigenvalue weighted by Crippen LogP contribution is -2.09. The van der Waals surface area contributed by atoms with Gasteiger partial charge in [-0.05, 0) is 40.1 Å². The van der Waals surface area contributed by atoms with Crippen LogP contribution in [0.15, 0.2) is 41.1 Å². The van der Waals surface area contributed by atoms with E-state index in [1.165, 1.54) is 0 Å². The van der Waals surface area contributed by atoms with Crippen molar-refractivity contribution < 1.29 is 4.79 Å². The molecule has 0 unspecified atom stereocenters. The Morgan fingerprint density at radius 3 is 2.94 bits per heavy atom. The predicted molar refractivity (Wildman–Crippen MR) is 68.6 cm³/mol. The topological polar surface area (TPSA) is 52.9 Å². The molecule has 0 saturated carbocycles. The molecule has 1 aromatic carbocycles. The fourth-order valence-corrected chi connectivity index (χ4v) is 2.15. The molecule has 84 valence electrons. The van der Waals surface area contributed by atoms with Crippen LogP contribution in [0.3, 0.4) is 0 Å². The highest BCUT2D eigenvalue weighted by Crippen LogP contribution is 2.24. The van der Waals surface area contributed by atoms with Gasteiger partial charge >= 0.3 is 0 Å². The number of nitrogens with zero attached hydrogens (tertiary/aromatic N) is 1. The van der Waals surface area contributed by atoms with Crippen molar-refractivity contribution in [2.75, 3.05) is 5.32 Å². The molecule has 17 heavy (non-hydrogen) atoms. The average molecular weight is 242 g/mol. The van der Waals surface area contributed by atoms with E-state index in [4.69, 9.17) is 5.26 Å². The number of thiophene rings is 1. The van der Waals surface area contributed by atoms with Crippen LogP contribution in [0, 0.1) is 11.3 Å². The Morgan fingerprint density at radius 1 is 1.35 bits per heavy atom. The Bertz CT molecular complexity index is 555. The summed E-state index contributed by atoms with van der Waals surface area (Å²) in [5.41, 5.74) is 2.90. The summed E-state index contributed by atoms with van der Waals surface area (Å²) in [6.07, 6.45) is -0.122. The normalized spacial score (nSPS) is 9.59. The van der Waals surface area contributed by atoms with Crippen LogP contribution in [0.4, 0.5) is 5.69 Å². The van der Waals surface area contributed by atoms with Crippen molar-refractivity contribution in [3.63, 3.8) is 0 Å². The molecular formula is C13H10N2OS. The molecule has 0 radical (unpaired) electrons. The summed E-state index contributed by atoms with van der Waals surface area (Å²) in [5, 5.41) is 15.2. The Kier molecular flexibility index (Phi) is 3.53. The molecule has 0 aliphatic carbocycles. The number of benzene rings is 1. The lowest BCUT2D eigenvalue weighted by atomic mass is 10.1. The first kappa shape index (κ1) is 11.4. The molecule has 0 spiro atoms. The minimum atomic E-state index is -0.282. The van der Waals surface area contributed by atoms with Crippen LogP contribution in [0.1, 0.15) is 6.42 Å². The van der Waals surface area contributed by atoms with Crippen LogP contribution in [0.2, 0.25) is 0 Å². The molecule has 4 heteroatoms. The second-order valence-electron chi connectivity index (χ2n) is 3.48. The Balaban J connectivity index is 2.18. The van der Waals surface area contributed by atoms with Crippen molar-refractivity contribution in [3.8, 4) is 17.2 Å². The van der Waals surface area contributed by atoms with Gasteiger partial charge in [0.25, 0.3) is 0 Å². The second-order valence-corrected chi connectivity index (χ2v) is 4.26. The van der Waals surface area contributed by atoms with E-state index in [9.17, 15) is 4.79 Å². The highest BCUT2D eigenvalue weighted by atomic mass is 32.1. The largest absolute Gasteiger partial charge is 0.325 e. The summed E-state index contributed by atoms with van der Waals surface area (Å²) in [6, 6.07) is 11.4. The zero-order chi connectivity index (χ0) is 12.1. The molecule has 3 nitrogen and oxygen atoms in total. The van der Waals surface area contributed by atoms with E-state index in [1.54, 1.807) is 11.3 Å². The van der Waals surface area contributed by atoms with E-state index in [1.807, 2.05) is 41.8 Å². The van der Waals surface area contributed by atoms with Crippen molar-refractivity contribution in [1.82, 2.24) is 0 Å². The van der Waals surface area contributed by atoms with Gasteiger partial charge in [0.15, 0.2) is 0 Å². The summed E-state index contributed by atoms with van der Waals surface area (Å²) in [6.45, 7) is 0. The van der Waals surface area contributed by atoms with E-state index >= 15 is 0 Å². The van der Waals surface area contributed by atoms with E-state index in [0.29, 0.717) is 5.69 Å². The molecule has 0 bridgehead atoms.